The molecule has 0 bridgehead atoms. The molecule has 7 heteroatoms. The lowest BCUT2D eigenvalue weighted by Crippen LogP contribution is -1.96. The van der Waals surface area contributed by atoms with Gasteiger partial charge >= 0.3 is 5.97 Å². The second kappa shape index (κ2) is 5.58. The van der Waals surface area contributed by atoms with Crippen LogP contribution >= 0.6 is 11.6 Å². The molecule has 0 fully saturated rings. The number of nitrogens with zero attached hydrogens (tertiary/aromatic N) is 1. The Bertz CT molecular complexity index is 705. The summed E-state index contributed by atoms with van der Waals surface area (Å²) in [5, 5.41) is 19.5. The van der Waals surface area contributed by atoms with Crippen LogP contribution in [0.15, 0.2) is 40.9 Å². The van der Waals surface area contributed by atoms with Gasteiger partial charge in [0.2, 0.25) is 6.20 Å². The minimum atomic E-state index is -1.08. The molecule has 6 nitrogen and oxygen atoms in total. The summed E-state index contributed by atoms with van der Waals surface area (Å²) in [7, 11) is 0. The second-order valence-electron chi connectivity index (χ2n) is 3.80. The largest absolute Gasteiger partial charge is 0.478 e. The van der Waals surface area contributed by atoms with Gasteiger partial charge in [0.1, 0.15) is 11.5 Å². The van der Waals surface area contributed by atoms with E-state index in [0.29, 0.717) is 16.3 Å². The van der Waals surface area contributed by atoms with Crippen molar-refractivity contribution >= 4 is 23.6 Å². The van der Waals surface area contributed by atoms with Gasteiger partial charge in [0.25, 0.3) is 0 Å². The summed E-state index contributed by atoms with van der Waals surface area (Å²) in [6.45, 7) is 0. The Hall–Kier alpha value is -2.60. The smallest absolute Gasteiger partial charge is 0.335 e. The number of halogens is 1. The van der Waals surface area contributed by atoms with Gasteiger partial charge in [-0.05, 0) is 30.3 Å². The molecule has 1 heterocycles. The Balaban J connectivity index is 2.39. The molecule has 2 aromatic rings. The average molecular weight is 294 g/mol. The van der Waals surface area contributed by atoms with Crippen LogP contribution < -0.4 is 0 Å². The van der Waals surface area contributed by atoms with Crippen LogP contribution in [0.4, 0.5) is 0 Å². The molecule has 102 valence electrons. The molecule has 1 N–H and O–H groups in total. The molecule has 2 rings (SSSR count). The number of benzene rings is 1. The molecule has 0 spiro atoms. The lowest BCUT2D eigenvalue weighted by Gasteiger charge is -2.02. The molecular formula is C13H8ClNO5. The maximum Gasteiger partial charge on any atom is 0.335 e. The third kappa shape index (κ3) is 3.04. The fourth-order valence-electron chi connectivity index (χ4n) is 1.57. The van der Waals surface area contributed by atoms with Crippen LogP contribution in [0, 0.1) is 10.1 Å². The van der Waals surface area contributed by atoms with Crippen molar-refractivity contribution in [2.75, 3.05) is 0 Å². The van der Waals surface area contributed by atoms with Crippen LogP contribution in [0.1, 0.15) is 16.1 Å². The van der Waals surface area contributed by atoms with E-state index in [1.165, 1.54) is 30.3 Å². The normalized spacial score (nSPS) is 10.8. The fourth-order valence-corrected chi connectivity index (χ4v) is 1.78. The molecule has 0 amide bonds. The number of carbonyl (C=O) groups is 1. The molecule has 0 radical (unpaired) electrons. The van der Waals surface area contributed by atoms with Gasteiger partial charge in [-0.1, -0.05) is 11.6 Å². The molecule has 0 aliphatic carbocycles. The molecule has 0 aliphatic rings. The van der Waals surface area contributed by atoms with E-state index in [4.69, 9.17) is 21.1 Å². The second-order valence-corrected chi connectivity index (χ2v) is 4.21. The van der Waals surface area contributed by atoms with Crippen molar-refractivity contribution in [1.82, 2.24) is 0 Å². The van der Waals surface area contributed by atoms with Gasteiger partial charge in [0.15, 0.2) is 0 Å². The Morgan fingerprint density at radius 1 is 1.35 bits per heavy atom. The third-order valence-corrected chi connectivity index (χ3v) is 2.80. The lowest BCUT2D eigenvalue weighted by molar-refractivity contribution is -0.401. The van der Waals surface area contributed by atoms with Crippen LogP contribution in [0.5, 0.6) is 0 Å². The lowest BCUT2D eigenvalue weighted by atomic mass is 10.1. The summed E-state index contributed by atoms with van der Waals surface area (Å²) in [6.07, 6.45) is 1.94. The predicted molar refractivity (Wildman–Crippen MR) is 72.1 cm³/mol. The molecular weight excluding hydrogens is 286 g/mol. The van der Waals surface area contributed by atoms with Crippen molar-refractivity contribution < 1.29 is 19.2 Å². The summed E-state index contributed by atoms with van der Waals surface area (Å²) < 4.78 is 5.37. The zero-order valence-corrected chi connectivity index (χ0v) is 10.7. The van der Waals surface area contributed by atoms with E-state index in [1.54, 1.807) is 6.07 Å². The highest BCUT2D eigenvalue weighted by Gasteiger charge is 2.12. The van der Waals surface area contributed by atoms with Gasteiger partial charge in [-0.25, -0.2) is 4.79 Å². The summed E-state index contributed by atoms with van der Waals surface area (Å²) in [5.74, 6) is -0.475. The number of hydrogen-bond acceptors (Lipinski definition) is 4. The van der Waals surface area contributed by atoms with E-state index in [1.807, 2.05) is 0 Å². The SMILES string of the molecule is O=C(O)c1ccc(Cl)c(-c2ccc(C=C[N+](=O)[O-])o2)c1. The van der Waals surface area contributed by atoms with Gasteiger partial charge in [0, 0.05) is 5.56 Å². The van der Waals surface area contributed by atoms with Crippen molar-refractivity contribution in [3.05, 3.63) is 63.0 Å². The van der Waals surface area contributed by atoms with E-state index in [0.717, 1.165) is 6.20 Å². The topological polar surface area (TPSA) is 93.6 Å². The van der Waals surface area contributed by atoms with Crippen molar-refractivity contribution in [2.45, 2.75) is 0 Å². The van der Waals surface area contributed by atoms with Crippen molar-refractivity contribution in [2.24, 2.45) is 0 Å². The minimum Gasteiger partial charge on any atom is -0.478 e. The Morgan fingerprint density at radius 2 is 2.10 bits per heavy atom. The standard InChI is InChI=1S/C13H8ClNO5/c14-11-3-1-8(13(16)17)7-10(11)12-4-2-9(20-12)5-6-15(18)19/h1-7H,(H,16,17). The summed E-state index contributed by atoms with van der Waals surface area (Å²) in [6, 6.07) is 7.30. The van der Waals surface area contributed by atoms with Gasteiger partial charge in [-0.15, -0.1) is 0 Å². The van der Waals surface area contributed by atoms with Gasteiger partial charge < -0.3 is 9.52 Å². The van der Waals surface area contributed by atoms with E-state index >= 15 is 0 Å². The first-order valence-electron chi connectivity index (χ1n) is 5.42. The number of rotatable bonds is 4. The maximum atomic E-state index is 10.9. The summed E-state index contributed by atoms with van der Waals surface area (Å²) in [5.41, 5.74) is 0.482. The zero-order chi connectivity index (χ0) is 14.7. The Kier molecular flexibility index (Phi) is 3.86. The molecule has 0 aliphatic heterocycles. The quantitative estimate of drug-likeness (QED) is 0.687. The fraction of sp³-hybridized carbons (Fsp3) is 0. The van der Waals surface area contributed by atoms with Crippen molar-refractivity contribution in [3.8, 4) is 11.3 Å². The number of carboxylic acid groups (broad SMARTS) is 1. The number of aromatic carboxylic acids is 1. The van der Waals surface area contributed by atoms with E-state index in [2.05, 4.69) is 0 Å². The maximum absolute atomic E-state index is 10.9. The highest BCUT2D eigenvalue weighted by atomic mass is 35.5. The minimum absolute atomic E-state index is 0.0724. The van der Waals surface area contributed by atoms with Crippen molar-refractivity contribution in [1.29, 1.82) is 0 Å². The summed E-state index contributed by atoms with van der Waals surface area (Å²) >= 11 is 5.99. The molecule has 20 heavy (non-hydrogen) atoms. The number of nitro groups is 1. The first-order chi connectivity index (χ1) is 9.47. The third-order valence-electron chi connectivity index (χ3n) is 2.47. The van der Waals surface area contributed by atoms with E-state index in [-0.39, 0.29) is 11.3 Å². The molecule has 0 saturated carbocycles. The highest BCUT2D eigenvalue weighted by molar-refractivity contribution is 6.33. The van der Waals surface area contributed by atoms with E-state index < -0.39 is 10.9 Å². The van der Waals surface area contributed by atoms with Crippen LogP contribution in [-0.2, 0) is 0 Å². The molecule has 1 aromatic carbocycles. The first kappa shape index (κ1) is 13.8. The predicted octanol–water partition coefficient (Wildman–Crippen LogP) is 3.55. The number of hydrogen-bond donors (Lipinski definition) is 1. The van der Waals surface area contributed by atoms with Crippen LogP contribution in [0.2, 0.25) is 5.02 Å². The van der Waals surface area contributed by atoms with Crippen LogP contribution in [-0.4, -0.2) is 16.0 Å². The van der Waals surface area contributed by atoms with Gasteiger partial charge in [0.05, 0.1) is 21.6 Å². The molecule has 0 saturated heterocycles. The zero-order valence-electron chi connectivity index (χ0n) is 9.95. The average Bonchev–Trinajstić information content (AvgIpc) is 2.85. The number of carboxylic acids is 1. The summed E-state index contributed by atoms with van der Waals surface area (Å²) in [4.78, 5) is 20.5. The van der Waals surface area contributed by atoms with Crippen molar-refractivity contribution in [3.63, 3.8) is 0 Å². The Morgan fingerprint density at radius 3 is 2.75 bits per heavy atom. The highest BCUT2D eigenvalue weighted by Crippen LogP contribution is 2.30. The van der Waals surface area contributed by atoms with E-state index in [9.17, 15) is 14.9 Å². The van der Waals surface area contributed by atoms with Crippen LogP contribution in [0.3, 0.4) is 0 Å². The van der Waals surface area contributed by atoms with Gasteiger partial charge in [-0.3, -0.25) is 10.1 Å². The molecule has 1 aromatic heterocycles. The van der Waals surface area contributed by atoms with Crippen LogP contribution in [0.25, 0.3) is 17.4 Å². The number of furan rings is 1. The molecule has 0 atom stereocenters. The Labute approximate surface area is 118 Å². The monoisotopic (exact) mass is 293 g/mol. The first-order valence-corrected chi connectivity index (χ1v) is 5.80. The molecule has 0 unspecified atom stereocenters. The van der Waals surface area contributed by atoms with Gasteiger partial charge in [-0.2, -0.15) is 0 Å².